The lowest BCUT2D eigenvalue weighted by Crippen LogP contribution is -2.11. The first-order valence-corrected chi connectivity index (χ1v) is 6.25. The summed E-state index contributed by atoms with van der Waals surface area (Å²) in [7, 11) is 1.67. The molecule has 0 fully saturated rings. The molecule has 0 bridgehead atoms. The molecule has 0 saturated carbocycles. The van der Waals surface area contributed by atoms with Crippen LogP contribution >= 0.6 is 0 Å². The Bertz CT molecular complexity index is 486. The molecule has 2 heterocycles. The molecular formula is C13H18N4O2. The minimum Gasteiger partial charge on any atom is -0.385 e. The summed E-state index contributed by atoms with van der Waals surface area (Å²) in [6.07, 6.45) is 5.75. The molecule has 2 aromatic rings. The molecular weight excluding hydrogens is 244 g/mol. The quantitative estimate of drug-likeness (QED) is 0.760. The number of aromatic nitrogens is 3. The highest BCUT2D eigenvalue weighted by molar-refractivity contribution is 5.14. The van der Waals surface area contributed by atoms with Crippen molar-refractivity contribution in [2.75, 3.05) is 13.7 Å². The molecule has 0 amide bonds. The smallest absolute Gasteiger partial charge is 0.243 e. The first-order chi connectivity index (χ1) is 9.29. The molecule has 0 aliphatic heterocycles. The van der Waals surface area contributed by atoms with E-state index in [0.717, 1.165) is 18.4 Å². The first kappa shape index (κ1) is 13.6. The van der Waals surface area contributed by atoms with Crippen LogP contribution < -0.4 is 5.73 Å². The summed E-state index contributed by atoms with van der Waals surface area (Å²) < 4.78 is 10.2. The van der Waals surface area contributed by atoms with E-state index in [0.29, 0.717) is 24.7 Å². The topological polar surface area (TPSA) is 87.1 Å². The van der Waals surface area contributed by atoms with E-state index in [-0.39, 0.29) is 6.04 Å². The fourth-order valence-corrected chi connectivity index (χ4v) is 1.74. The zero-order valence-electron chi connectivity index (χ0n) is 11.0. The molecule has 6 heteroatoms. The molecule has 0 saturated heterocycles. The standard InChI is InChI=1S/C13H18N4O2/c1-18-8-2-3-11(14)13-16-12(17-19-13)9-10-4-6-15-7-5-10/h4-7,11H,2-3,8-9,14H2,1H3. The average Bonchev–Trinajstić information content (AvgIpc) is 2.89. The summed E-state index contributed by atoms with van der Waals surface area (Å²) in [5.41, 5.74) is 7.07. The Balaban J connectivity index is 1.91. The summed E-state index contributed by atoms with van der Waals surface area (Å²) in [6, 6.07) is 3.62. The van der Waals surface area contributed by atoms with Crippen LogP contribution in [0.4, 0.5) is 0 Å². The van der Waals surface area contributed by atoms with Crippen LogP contribution in [0.5, 0.6) is 0 Å². The van der Waals surface area contributed by atoms with Crippen molar-refractivity contribution < 1.29 is 9.26 Å². The number of pyridine rings is 1. The van der Waals surface area contributed by atoms with Crippen molar-refractivity contribution >= 4 is 0 Å². The van der Waals surface area contributed by atoms with Gasteiger partial charge in [0, 0.05) is 32.5 Å². The molecule has 1 unspecified atom stereocenters. The van der Waals surface area contributed by atoms with Crippen molar-refractivity contribution in [2.24, 2.45) is 5.73 Å². The highest BCUT2D eigenvalue weighted by atomic mass is 16.5. The third kappa shape index (κ3) is 4.11. The number of rotatable bonds is 7. The van der Waals surface area contributed by atoms with Crippen molar-refractivity contribution in [2.45, 2.75) is 25.3 Å². The van der Waals surface area contributed by atoms with E-state index in [1.54, 1.807) is 19.5 Å². The van der Waals surface area contributed by atoms with Gasteiger partial charge in [-0.25, -0.2) is 0 Å². The monoisotopic (exact) mass is 262 g/mol. The van der Waals surface area contributed by atoms with Gasteiger partial charge in [0.1, 0.15) is 0 Å². The third-order valence-electron chi connectivity index (χ3n) is 2.78. The fraction of sp³-hybridized carbons (Fsp3) is 0.462. The van der Waals surface area contributed by atoms with Crippen LogP contribution in [0.15, 0.2) is 29.0 Å². The van der Waals surface area contributed by atoms with Gasteiger partial charge in [0.2, 0.25) is 5.89 Å². The summed E-state index contributed by atoms with van der Waals surface area (Å²) in [5.74, 6) is 1.13. The van der Waals surface area contributed by atoms with E-state index < -0.39 is 0 Å². The second-order valence-corrected chi connectivity index (χ2v) is 4.32. The van der Waals surface area contributed by atoms with E-state index >= 15 is 0 Å². The normalized spacial score (nSPS) is 12.5. The van der Waals surface area contributed by atoms with Gasteiger partial charge < -0.3 is 15.0 Å². The second kappa shape index (κ2) is 6.96. The Hall–Kier alpha value is -1.79. The number of nitrogens with two attached hydrogens (primary N) is 1. The first-order valence-electron chi connectivity index (χ1n) is 6.25. The van der Waals surface area contributed by atoms with E-state index in [4.69, 9.17) is 15.0 Å². The zero-order valence-corrected chi connectivity index (χ0v) is 11.0. The largest absolute Gasteiger partial charge is 0.385 e. The van der Waals surface area contributed by atoms with Crippen molar-refractivity contribution in [3.63, 3.8) is 0 Å². The predicted molar refractivity (Wildman–Crippen MR) is 69.4 cm³/mol. The third-order valence-corrected chi connectivity index (χ3v) is 2.78. The predicted octanol–water partition coefficient (Wildman–Crippen LogP) is 1.48. The van der Waals surface area contributed by atoms with Gasteiger partial charge in [-0.05, 0) is 30.5 Å². The number of hydrogen-bond donors (Lipinski definition) is 1. The molecule has 0 aliphatic rings. The van der Waals surface area contributed by atoms with Gasteiger partial charge in [-0.15, -0.1) is 0 Å². The van der Waals surface area contributed by atoms with Gasteiger partial charge in [0.05, 0.1) is 6.04 Å². The van der Waals surface area contributed by atoms with E-state index in [1.165, 1.54) is 0 Å². The van der Waals surface area contributed by atoms with Crippen LogP contribution in [-0.4, -0.2) is 28.8 Å². The number of ether oxygens (including phenoxy) is 1. The molecule has 2 aromatic heterocycles. The van der Waals surface area contributed by atoms with E-state index in [9.17, 15) is 0 Å². The van der Waals surface area contributed by atoms with Crippen LogP contribution in [0.1, 0.15) is 36.2 Å². The maximum absolute atomic E-state index is 5.98. The van der Waals surface area contributed by atoms with Crippen molar-refractivity contribution in [1.29, 1.82) is 0 Å². The van der Waals surface area contributed by atoms with Crippen molar-refractivity contribution in [3.05, 3.63) is 41.8 Å². The van der Waals surface area contributed by atoms with Gasteiger partial charge in [-0.3, -0.25) is 4.98 Å². The molecule has 6 nitrogen and oxygen atoms in total. The Labute approximate surface area is 112 Å². The Morgan fingerprint density at radius 1 is 1.37 bits per heavy atom. The number of hydrogen-bond acceptors (Lipinski definition) is 6. The number of methoxy groups -OCH3 is 1. The Kier molecular flexibility index (Phi) is 5.00. The van der Waals surface area contributed by atoms with Gasteiger partial charge in [0.25, 0.3) is 0 Å². The van der Waals surface area contributed by atoms with Gasteiger partial charge in [0.15, 0.2) is 5.82 Å². The molecule has 0 aliphatic carbocycles. The van der Waals surface area contributed by atoms with Gasteiger partial charge in [-0.2, -0.15) is 4.98 Å². The fourth-order valence-electron chi connectivity index (χ4n) is 1.74. The molecule has 19 heavy (non-hydrogen) atoms. The Morgan fingerprint density at radius 3 is 2.89 bits per heavy atom. The molecule has 0 radical (unpaired) electrons. The van der Waals surface area contributed by atoms with Crippen molar-refractivity contribution in [1.82, 2.24) is 15.1 Å². The summed E-state index contributed by atoms with van der Waals surface area (Å²) in [4.78, 5) is 8.29. The SMILES string of the molecule is COCCCC(N)c1nc(Cc2ccncc2)no1. The molecule has 0 spiro atoms. The molecule has 0 aromatic carbocycles. The molecule has 2 rings (SSSR count). The number of nitrogens with zero attached hydrogens (tertiary/aromatic N) is 3. The zero-order chi connectivity index (χ0) is 13.5. The highest BCUT2D eigenvalue weighted by Gasteiger charge is 2.14. The summed E-state index contributed by atoms with van der Waals surface area (Å²) in [6.45, 7) is 0.686. The van der Waals surface area contributed by atoms with Gasteiger partial charge in [-0.1, -0.05) is 5.16 Å². The minimum absolute atomic E-state index is 0.228. The van der Waals surface area contributed by atoms with Crippen molar-refractivity contribution in [3.8, 4) is 0 Å². The minimum atomic E-state index is -0.228. The van der Waals surface area contributed by atoms with Crippen LogP contribution in [-0.2, 0) is 11.2 Å². The van der Waals surface area contributed by atoms with Crippen LogP contribution in [0.2, 0.25) is 0 Å². The summed E-state index contributed by atoms with van der Waals surface area (Å²) >= 11 is 0. The Morgan fingerprint density at radius 2 is 2.16 bits per heavy atom. The molecule has 1 atom stereocenters. The van der Waals surface area contributed by atoms with Gasteiger partial charge >= 0.3 is 0 Å². The van der Waals surface area contributed by atoms with Crippen LogP contribution in [0.3, 0.4) is 0 Å². The highest BCUT2D eigenvalue weighted by Crippen LogP contribution is 2.14. The second-order valence-electron chi connectivity index (χ2n) is 4.32. The van der Waals surface area contributed by atoms with E-state index in [2.05, 4.69) is 15.1 Å². The average molecular weight is 262 g/mol. The van der Waals surface area contributed by atoms with Crippen LogP contribution in [0, 0.1) is 0 Å². The maximum Gasteiger partial charge on any atom is 0.243 e. The van der Waals surface area contributed by atoms with Crippen LogP contribution in [0.25, 0.3) is 0 Å². The molecule has 2 N–H and O–H groups in total. The summed E-state index contributed by atoms with van der Waals surface area (Å²) in [5, 5.41) is 3.94. The maximum atomic E-state index is 5.98. The van der Waals surface area contributed by atoms with E-state index in [1.807, 2.05) is 12.1 Å². The lowest BCUT2D eigenvalue weighted by molar-refractivity contribution is 0.188. The lowest BCUT2D eigenvalue weighted by atomic mass is 10.1. The lowest BCUT2D eigenvalue weighted by Gasteiger charge is -2.04. The molecule has 102 valence electrons.